The maximum atomic E-state index is 14.4. The number of carbonyl (C=O) groups excluding carboxylic acids is 2. The zero-order valence-electron chi connectivity index (χ0n) is 16.8. The molecule has 0 aliphatic carbocycles. The van der Waals surface area contributed by atoms with Crippen molar-refractivity contribution in [3.63, 3.8) is 0 Å². The maximum Gasteiger partial charge on any atom is 0.251 e. The fraction of sp³-hybridized carbons (Fsp3) is 0.227. The number of hydrogen-bond donors (Lipinski definition) is 2. The number of nitrogens with zero attached hydrogens (tertiary/aromatic N) is 2. The van der Waals surface area contributed by atoms with Crippen LogP contribution in [0.3, 0.4) is 0 Å². The summed E-state index contributed by atoms with van der Waals surface area (Å²) in [6.07, 6.45) is 3.28. The van der Waals surface area contributed by atoms with Crippen LogP contribution >= 0.6 is 0 Å². The van der Waals surface area contributed by atoms with Gasteiger partial charge in [-0.05, 0) is 55.8 Å². The maximum absolute atomic E-state index is 14.4. The van der Waals surface area contributed by atoms with Crippen molar-refractivity contribution in [1.29, 1.82) is 0 Å². The molecule has 0 saturated heterocycles. The van der Waals surface area contributed by atoms with Crippen LogP contribution in [0.5, 0.6) is 5.75 Å². The lowest BCUT2D eigenvalue weighted by atomic mass is 10.2. The van der Waals surface area contributed by atoms with E-state index < -0.39 is 5.82 Å². The summed E-state index contributed by atoms with van der Waals surface area (Å²) in [5.74, 6) is 0.210. The molecule has 2 amide bonds. The summed E-state index contributed by atoms with van der Waals surface area (Å²) in [7, 11) is 0. The molecule has 1 heterocycles. The van der Waals surface area contributed by atoms with Crippen molar-refractivity contribution in [3.8, 4) is 11.4 Å². The number of halogens is 1. The second-order valence-electron chi connectivity index (χ2n) is 6.55. The third kappa shape index (κ3) is 5.22. The number of benzene rings is 2. The molecule has 2 aromatic carbocycles. The predicted molar refractivity (Wildman–Crippen MR) is 110 cm³/mol. The number of ether oxygens (including phenoxy) is 1. The van der Waals surface area contributed by atoms with E-state index >= 15 is 0 Å². The van der Waals surface area contributed by atoms with Gasteiger partial charge in [-0.3, -0.25) is 9.59 Å². The summed E-state index contributed by atoms with van der Waals surface area (Å²) in [4.78, 5) is 28.2. The fourth-order valence-corrected chi connectivity index (χ4v) is 2.88. The first-order valence-corrected chi connectivity index (χ1v) is 9.54. The van der Waals surface area contributed by atoms with Gasteiger partial charge in [-0.2, -0.15) is 0 Å². The average Bonchev–Trinajstić information content (AvgIpc) is 3.17. The van der Waals surface area contributed by atoms with Gasteiger partial charge in [0.1, 0.15) is 17.4 Å². The molecular weight excluding hydrogens is 387 g/mol. The van der Waals surface area contributed by atoms with E-state index in [1.807, 2.05) is 6.92 Å². The number of nitrogens with one attached hydrogen (secondary N) is 2. The largest absolute Gasteiger partial charge is 0.494 e. The lowest BCUT2D eigenvalue weighted by molar-refractivity contribution is -0.120. The molecule has 0 aliphatic heterocycles. The lowest BCUT2D eigenvalue weighted by Gasteiger charge is -2.10. The number of carbonyl (C=O) groups is 2. The Kier molecular flexibility index (Phi) is 6.79. The van der Waals surface area contributed by atoms with E-state index in [4.69, 9.17) is 4.74 Å². The number of aryl methyl sites for hydroxylation is 1. The third-order valence-corrected chi connectivity index (χ3v) is 4.42. The minimum Gasteiger partial charge on any atom is -0.494 e. The summed E-state index contributed by atoms with van der Waals surface area (Å²) in [5.41, 5.74) is 1.43. The number of amides is 2. The molecule has 1 aromatic heterocycles. The van der Waals surface area contributed by atoms with Crippen LogP contribution in [0.15, 0.2) is 54.9 Å². The van der Waals surface area contributed by atoms with Crippen LogP contribution in [-0.4, -0.2) is 34.5 Å². The normalized spacial score (nSPS) is 10.5. The van der Waals surface area contributed by atoms with Gasteiger partial charge in [0.05, 0.1) is 18.8 Å². The van der Waals surface area contributed by atoms with Crippen molar-refractivity contribution in [2.24, 2.45) is 0 Å². The molecule has 0 fully saturated rings. The van der Waals surface area contributed by atoms with E-state index in [0.29, 0.717) is 35.0 Å². The molecule has 3 aromatic rings. The zero-order chi connectivity index (χ0) is 21.5. The van der Waals surface area contributed by atoms with E-state index in [0.717, 1.165) is 0 Å². The lowest BCUT2D eigenvalue weighted by Crippen LogP contribution is -2.36. The van der Waals surface area contributed by atoms with Crippen LogP contribution < -0.4 is 15.4 Å². The van der Waals surface area contributed by atoms with Gasteiger partial charge >= 0.3 is 0 Å². The van der Waals surface area contributed by atoms with Gasteiger partial charge in [-0.25, -0.2) is 9.37 Å². The van der Waals surface area contributed by atoms with Gasteiger partial charge < -0.3 is 19.9 Å². The Bertz CT molecular complexity index is 1030. The quantitative estimate of drug-likeness (QED) is 0.598. The van der Waals surface area contributed by atoms with Crippen molar-refractivity contribution in [2.75, 3.05) is 13.2 Å². The standard InChI is InChI=1S/C22H23FN4O3/c1-3-30-18-7-5-17(6-8-18)22(29)26-14-21(28)25-13-16-4-9-20(19(23)12-16)27-11-10-24-15(27)2/h4-12H,3,13-14H2,1-2H3,(H,25,28)(H,26,29). The van der Waals surface area contributed by atoms with Crippen LogP contribution in [0.2, 0.25) is 0 Å². The average molecular weight is 410 g/mol. The minimum atomic E-state index is -0.411. The van der Waals surface area contributed by atoms with Crippen molar-refractivity contribution in [1.82, 2.24) is 20.2 Å². The Morgan fingerprint density at radius 2 is 1.90 bits per heavy atom. The van der Waals surface area contributed by atoms with E-state index in [1.165, 1.54) is 6.07 Å². The molecule has 0 unspecified atom stereocenters. The third-order valence-electron chi connectivity index (χ3n) is 4.42. The molecule has 0 atom stereocenters. The Hall–Kier alpha value is -3.68. The van der Waals surface area contributed by atoms with E-state index in [-0.39, 0.29) is 24.9 Å². The van der Waals surface area contributed by atoms with Gasteiger partial charge in [-0.1, -0.05) is 6.07 Å². The molecule has 2 N–H and O–H groups in total. The van der Waals surface area contributed by atoms with Crippen molar-refractivity contribution in [2.45, 2.75) is 20.4 Å². The van der Waals surface area contributed by atoms with Crippen LogP contribution in [-0.2, 0) is 11.3 Å². The van der Waals surface area contributed by atoms with E-state index in [1.54, 1.807) is 60.3 Å². The van der Waals surface area contributed by atoms with Gasteiger partial charge in [0.2, 0.25) is 5.91 Å². The number of imidazole rings is 1. The first kappa shape index (κ1) is 21.0. The number of hydrogen-bond acceptors (Lipinski definition) is 4. The smallest absolute Gasteiger partial charge is 0.251 e. The molecule has 3 rings (SSSR count). The highest BCUT2D eigenvalue weighted by Crippen LogP contribution is 2.17. The Balaban J connectivity index is 1.49. The second-order valence-corrected chi connectivity index (χ2v) is 6.55. The van der Waals surface area contributed by atoms with E-state index in [2.05, 4.69) is 15.6 Å². The molecule has 0 spiro atoms. The molecule has 156 valence electrons. The molecule has 0 aliphatic rings. The minimum absolute atomic E-state index is 0.151. The van der Waals surface area contributed by atoms with Gasteiger partial charge in [0, 0.05) is 24.5 Å². The number of aromatic nitrogens is 2. The van der Waals surface area contributed by atoms with E-state index in [9.17, 15) is 14.0 Å². The summed E-state index contributed by atoms with van der Waals surface area (Å²) < 4.78 is 21.4. The van der Waals surface area contributed by atoms with Crippen LogP contribution in [0, 0.1) is 12.7 Å². The topological polar surface area (TPSA) is 85.2 Å². The van der Waals surface area contributed by atoms with Gasteiger partial charge in [0.15, 0.2) is 0 Å². The Morgan fingerprint density at radius 1 is 1.13 bits per heavy atom. The number of rotatable bonds is 8. The Labute approximate surface area is 173 Å². The highest BCUT2D eigenvalue weighted by Gasteiger charge is 2.10. The van der Waals surface area contributed by atoms with Gasteiger partial charge in [0.25, 0.3) is 5.91 Å². The molecule has 0 radical (unpaired) electrons. The summed E-state index contributed by atoms with van der Waals surface area (Å²) in [6, 6.07) is 11.4. The van der Waals surface area contributed by atoms with Crippen LogP contribution in [0.1, 0.15) is 28.7 Å². The highest BCUT2D eigenvalue weighted by molar-refractivity contribution is 5.96. The molecule has 0 saturated carbocycles. The Morgan fingerprint density at radius 3 is 2.53 bits per heavy atom. The van der Waals surface area contributed by atoms with Crippen molar-refractivity contribution in [3.05, 3.63) is 77.6 Å². The molecule has 30 heavy (non-hydrogen) atoms. The summed E-state index contributed by atoms with van der Waals surface area (Å²) in [6.45, 7) is 4.18. The molecular formula is C22H23FN4O3. The monoisotopic (exact) mass is 410 g/mol. The first-order valence-electron chi connectivity index (χ1n) is 9.54. The SMILES string of the molecule is CCOc1ccc(C(=O)NCC(=O)NCc2ccc(-n3ccnc3C)c(F)c2)cc1. The highest BCUT2D eigenvalue weighted by atomic mass is 19.1. The van der Waals surface area contributed by atoms with Gasteiger partial charge in [-0.15, -0.1) is 0 Å². The molecule has 7 nitrogen and oxygen atoms in total. The molecule has 8 heteroatoms. The van der Waals surface area contributed by atoms with Crippen molar-refractivity contribution < 1.29 is 18.7 Å². The van der Waals surface area contributed by atoms with Crippen LogP contribution in [0.4, 0.5) is 4.39 Å². The zero-order valence-corrected chi connectivity index (χ0v) is 16.8. The summed E-state index contributed by atoms with van der Waals surface area (Å²) >= 11 is 0. The predicted octanol–water partition coefficient (Wildman–Crippen LogP) is 2.76. The molecule has 0 bridgehead atoms. The van der Waals surface area contributed by atoms with Crippen molar-refractivity contribution >= 4 is 11.8 Å². The van der Waals surface area contributed by atoms with Crippen LogP contribution in [0.25, 0.3) is 5.69 Å². The fourth-order valence-electron chi connectivity index (χ4n) is 2.88. The second kappa shape index (κ2) is 9.69. The first-order chi connectivity index (χ1) is 14.5. The summed E-state index contributed by atoms with van der Waals surface area (Å²) in [5, 5.41) is 5.22.